The van der Waals surface area contributed by atoms with Crippen molar-refractivity contribution in [2.45, 2.75) is 64.0 Å². The maximum Gasteiger partial charge on any atom is 0.338 e. The van der Waals surface area contributed by atoms with Crippen molar-refractivity contribution in [2.24, 2.45) is 4.99 Å². The summed E-state index contributed by atoms with van der Waals surface area (Å²) in [5.74, 6) is -0.287. The second-order valence-corrected chi connectivity index (χ2v) is 12.9. The van der Waals surface area contributed by atoms with E-state index in [1.54, 1.807) is 35.4 Å². The molecule has 1 unspecified atom stereocenters. The van der Waals surface area contributed by atoms with E-state index in [2.05, 4.69) is 10.9 Å². The number of thiophene rings is 1. The molecule has 230 valence electrons. The first-order valence-corrected chi connectivity index (χ1v) is 15.7. The van der Waals surface area contributed by atoms with Gasteiger partial charge in [0.15, 0.2) is 5.94 Å². The third kappa shape index (κ3) is 5.65. The van der Waals surface area contributed by atoms with Crippen LogP contribution in [0.15, 0.2) is 51.6 Å². The summed E-state index contributed by atoms with van der Waals surface area (Å²) in [5.41, 5.74) is 4.76. The number of halogens is 3. The fourth-order valence-electron chi connectivity index (χ4n) is 6.37. The molecule has 3 aromatic rings. The molecule has 0 bridgehead atoms. The molecule has 2 aliphatic carbocycles. The van der Waals surface area contributed by atoms with E-state index in [1.807, 2.05) is 24.9 Å². The Morgan fingerprint density at radius 1 is 1.25 bits per heavy atom. The predicted molar refractivity (Wildman–Crippen MR) is 167 cm³/mol. The monoisotopic (exact) mass is 640 g/mol. The highest BCUT2D eigenvalue weighted by Crippen LogP contribution is 2.44. The highest BCUT2D eigenvalue weighted by atomic mass is 35.5. The molecule has 8 nitrogen and oxygen atoms in total. The Morgan fingerprint density at radius 3 is 2.73 bits per heavy atom. The number of alkyl halides is 2. The van der Waals surface area contributed by atoms with Crippen molar-refractivity contribution >= 4 is 50.9 Å². The molecule has 0 radical (unpaired) electrons. The molecule has 0 amide bonds. The summed E-state index contributed by atoms with van der Waals surface area (Å²) >= 11 is 7.69. The van der Waals surface area contributed by atoms with Crippen LogP contribution in [0.3, 0.4) is 0 Å². The molecule has 3 heterocycles. The average molecular weight is 641 g/mol. The Kier molecular flexibility index (Phi) is 8.09. The molecule has 0 spiro atoms. The number of aryl methyl sites for hydroxylation is 1. The first kappa shape index (κ1) is 30.4. The molecular formula is C32H31ClF2N4O4S. The van der Waals surface area contributed by atoms with Gasteiger partial charge in [-0.1, -0.05) is 11.6 Å². The molecule has 44 heavy (non-hydrogen) atoms. The molecule has 1 saturated carbocycles. The fraction of sp³-hybridized carbons (Fsp3) is 0.406. The van der Waals surface area contributed by atoms with Crippen molar-refractivity contribution < 1.29 is 28.2 Å². The van der Waals surface area contributed by atoms with Crippen LogP contribution < -0.4 is 4.74 Å². The topological polar surface area (TPSA) is 95.3 Å². The van der Waals surface area contributed by atoms with E-state index >= 15 is 0 Å². The number of carbonyl (C=O) groups is 1. The van der Waals surface area contributed by atoms with Gasteiger partial charge in [-0.25, -0.2) is 23.4 Å². The molecular weight excluding hydrogens is 610 g/mol. The highest BCUT2D eigenvalue weighted by Gasteiger charge is 2.48. The number of aromatic carboxylic acids is 1. The number of fused-ring (bicyclic) bond motifs is 1. The van der Waals surface area contributed by atoms with Crippen molar-refractivity contribution in [3.8, 4) is 16.9 Å². The molecule has 1 N–H and O–H groups in total. The molecule has 12 heteroatoms. The lowest BCUT2D eigenvalue weighted by Crippen LogP contribution is -2.53. The molecule has 0 saturated heterocycles. The second kappa shape index (κ2) is 11.7. The minimum atomic E-state index is -2.59. The zero-order valence-electron chi connectivity index (χ0n) is 24.5. The van der Waals surface area contributed by atoms with Gasteiger partial charge < -0.3 is 14.7 Å². The van der Waals surface area contributed by atoms with Gasteiger partial charge in [-0.2, -0.15) is 0 Å². The van der Waals surface area contributed by atoms with E-state index in [-0.39, 0.29) is 37.1 Å². The number of benzene rings is 1. The van der Waals surface area contributed by atoms with Gasteiger partial charge >= 0.3 is 5.97 Å². The smallest absolute Gasteiger partial charge is 0.338 e. The van der Waals surface area contributed by atoms with Gasteiger partial charge in [-0.3, -0.25) is 9.88 Å². The van der Waals surface area contributed by atoms with E-state index < -0.39 is 11.9 Å². The SMILES string of the molecule is CC1=NC2=C(CC(N(C)C3CC(F)(F)C3)CC2)C(=C=O)N1CCOc1ccc(Cl)cc1-c1cc(C)nc2c(C(=O)O)csc12. The molecule has 6 rings (SSSR count). The number of amidine groups is 1. The Morgan fingerprint density at radius 2 is 2.02 bits per heavy atom. The van der Waals surface area contributed by atoms with Crippen LogP contribution >= 0.6 is 22.9 Å². The van der Waals surface area contributed by atoms with Gasteiger partial charge in [-0.15, -0.1) is 11.3 Å². The Hall–Kier alpha value is -3.63. The van der Waals surface area contributed by atoms with Crippen LogP contribution in [0.25, 0.3) is 21.3 Å². The molecule has 1 fully saturated rings. The van der Waals surface area contributed by atoms with Crippen LogP contribution in [0.2, 0.25) is 5.02 Å². The maximum absolute atomic E-state index is 13.5. The summed E-state index contributed by atoms with van der Waals surface area (Å²) in [7, 11) is 1.89. The summed E-state index contributed by atoms with van der Waals surface area (Å²) in [6.07, 6.45) is 1.74. The van der Waals surface area contributed by atoms with Crippen molar-refractivity contribution in [3.63, 3.8) is 0 Å². The normalized spacial score (nSPS) is 20.0. The Labute approximate surface area is 262 Å². The Bertz CT molecular complexity index is 1770. The number of rotatable bonds is 8. The summed E-state index contributed by atoms with van der Waals surface area (Å²) in [6, 6.07) is 7.03. The minimum Gasteiger partial charge on any atom is -0.491 e. The van der Waals surface area contributed by atoms with Crippen molar-refractivity contribution in [2.75, 3.05) is 20.2 Å². The van der Waals surface area contributed by atoms with Crippen LogP contribution in [-0.2, 0) is 4.79 Å². The number of carboxylic acids is 1. The number of hydrogen-bond acceptors (Lipinski definition) is 8. The van der Waals surface area contributed by atoms with E-state index in [0.29, 0.717) is 63.2 Å². The number of pyridine rings is 1. The van der Waals surface area contributed by atoms with Crippen LogP contribution in [0, 0.1) is 6.92 Å². The molecule has 1 atom stereocenters. The number of ether oxygens (including phenoxy) is 1. The number of carbonyl (C=O) groups excluding carboxylic acids is 1. The van der Waals surface area contributed by atoms with Gasteiger partial charge in [0.2, 0.25) is 0 Å². The molecule has 1 aliphatic heterocycles. The number of aliphatic imine (C=N–C) groups is 1. The minimum absolute atomic E-state index is 0.0427. The van der Waals surface area contributed by atoms with Gasteiger partial charge in [0.25, 0.3) is 5.92 Å². The maximum atomic E-state index is 13.5. The first-order valence-electron chi connectivity index (χ1n) is 14.4. The zero-order valence-corrected chi connectivity index (χ0v) is 26.1. The van der Waals surface area contributed by atoms with Gasteiger partial charge in [0, 0.05) is 63.4 Å². The van der Waals surface area contributed by atoms with E-state index in [4.69, 9.17) is 21.3 Å². The highest BCUT2D eigenvalue weighted by molar-refractivity contribution is 7.18. The standard InChI is InChI=1S/C32H31ClF2N4O4S/c1-17-10-23(30-29(36-17)25(16-44-30)31(41)42)22-11-19(33)4-7-28(22)43-9-8-39-18(2)37-26-6-5-20(12-24(26)27(39)15-40)38(3)21-13-32(34,35)14-21/h4,7,10-11,16,20-21H,5-6,8-9,12-14H2,1-3H3,(H,41,42). The van der Waals surface area contributed by atoms with Crippen LogP contribution in [0.1, 0.15) is 55.1 Å². The number of carboxylic acid groups (broad SMARTS) is 1. The van der Waals surface area contributed by atoms with Gasteiger partial charge in [0.1, 0.15) is 23.9 Å². The van der Waals surface area contributed by atoms with Crippen molar-refractivity contribution in [1.29, 1.82) is 0 Å². The molecule has 2 aromatic heterocycles. The number of nitrogens with zero attached hydrogens (tertiary/aromatic N) is 4. The summed E-state index contributed by atoms with van der Waals surface area (Å²) in [5, 5.41) is 11.7. The molecule has 3 aliphatic rings. The van der Waals surface area contributed by atoms with E-state index in [9.17, 15) is 23.5 Å². The Balaban J connectivity index is 1.20. The van der Waals surface area contributed by atoms with Crippen molar-refractivity contribution in [1.82, 2.24) is 14.8 Å². The summed E-state index contributed by atoms with van der Waals surface area (Å²) < 4.78 is 34.1. The third-order valence-electron chi connectivity index (χ3n) is 8.75. The quantitative estimate of drug-likeness (QED) is 0.265. The third-order valence-corrected chi connectivity index (χ3v) is 9.99. The largest absolute Gasteiger partial charge is 0.491 e. The average Bonchev–Trinajstić information content (AvgIpc) is 3.40. The predicted octanol–water partition coefficient (Wildman–Crippen LogP) is 6.99. The number of allylic oxidation sites excluding steroid dienone is 2. The van der Waals surface area contributed by atoms with Gasteiger partial charge in [0.05, 0.1) is 22.3 Å². The van der Waals surface area contributed by atoms with E-state index in [0.717, 1.165) is 23.3 Å². The fourth-order valence-corrected chi connectivity index (χ4v) is 7.56. The van der Waals surface area contributed by atoms with Crippen molar-refractivity contribution in [3.05, 3.63) is 62.9 Å². The summed E-state index contributed by atoms with van der Waals surface area (Å²) in [6.45, 7) is 4.17. The number of hydrogen-bond donors (Lipinski definition) is 1. The molecule has 1 aromatic carbocycles. The number of aromatic nitrogens is 1. The lowest BCUT2D eigenvalue weighted by atomic mass is 9.82. The van der Waals surface area contributed by atoms with Crippen LogP contribution in [0.4, 0.5) is 8.78 Å². The summed E-state index contributed by atoms with van der Waals surface area (Å²) in [4.78, 5) is 37.2. The van der Waals surface area contributed by atoms with Crippen LogP contribution in [0.5, 0.6) is 5.75 Å². The van der Waals surface area contributed by atoms with E-state index in [1.165, 1.54) is 11.3 Å². The first-order chi connectivity index (χ1) is 21.0. The zero-order chi connectivity index (χ0) is 31.3. The lowest BCUT2D eigenvalue weighted by molar-refractivity contribution is -0.127. The van der Waals surface area contributed by atoms with Crippen LogP contribution in [-0.4, -0.2) is 75.8 Å². The second-order valence-electron chi connectivity index (χ2n) is 11.6. The lowest BCUT2D eigenvalue weighted by Gasteiger charge is -2.46. The van der Waals surface area contributed by atoms with Gasteiger partial charge in [-0.05, 0) is 64.4 Å².